The summed E-state index contributed by atoms with van der Waals surface area (Å²) in [6.07, 6.45) is 0.901. The maximum Gasteiger partial charge on any atom is 0.245 e. The summed E-state index contributed by atoms with van der Waals surface area (Å²) in [6.45, 7) is 1.40. The van der Waals surface area contributed by atoms with Crippen molar-refractivity contribution in [3.8, 4) is 6.07 Å². The third kappa shape index (κ3) is 4.00. The molecule has 0 spiro atoms. The largest absolute Gasteiger partial charge is 0.245 e. The number of nitriles is 1. The van der Waals surface area contributed by atoms with Gasteiger partial charge in [0.1, 0.15) is 10.7 Å². The Morgan fingerprint density at radius 1 is 1.33 bits per heavy atom. The Hall–Kier alpha value is -1.50. The molecule has 0 N–H and O–H groups in total. The second kappa shape index (κ2) is 6.09. The molecule has 21 heavy (non-hydrogen) atoms. The summed E-state index contributed by atoms with van der Waals surface area (Å²) in [5.74, 6) is -1.62. The number of hydrogen-bond acceptors (Lipinski definition) is 5. The van der Waals surface area contributed by atoms with Gasteiger partial charge >= 0.3 is 0 Å². The minimum atomic E-state index is -4.21. The first-order chi connectivity index (χ1) is 9.50. The number of nitrogens with zero attached hydrogens (tertiary/aromatic N) is 2. The van der Waals surface area contributed by atoms with E-state index in [1.807, 2.05) is 6.07 Å². The van der Waals surface area contributed by atoms with E-state index in [4.69, 9.17) is 5.26 Å². The molecule has 116 valence electrons. The first-order valence-electron chi connectivity index (χ1n) is 5.85. The molecule has 0 radical (unpaired) electrons. The molecule has 0 saturated carbocycles. The number of sulfone groups is 1. The molecule has 9 heteroatoms. The lowest BCUT2D eigenvalue weighted by Crippen LogP contribution is -2.31. The van der Waals surface area contributed by atoms with Gasteiger partial charge in [-0.05, 0) is 25.1 Å². The fraction of sp³-hybridized carbons (Fsp3) is 0.417. The Bertz CT molecular complexity index is 782. The summed E-state index contributed by atoms with van der Waals surface area (Å²) in [5, 5.41) is 8.70. The third-order valence-corrected chi connectivity index (χ3v) is 5.72. The molecule has 0 heterocycles. The summed E-state index contributed by atoms with van der Waals surface area (Å²) in [4.78, 5) is -1.01. The number of halogens is 1. The number of sulfonamides is 1. The standard InChI is InChI=1S/C12H15FN2O4S2/c1-9(7-14)8-15(2)21(18,19)12-6-10(20(3,16)17)4-5-11(12)13/h4-6,9H,8H2,1-3H3. The quantitative estimate of drug-likeness (QED) is 0.749. The molecular weight excluding hydrogens is 319 g/mol. The van der Waals surface area contributed by atoms with Crippen LogP contribution >= 0.6 is 0 Å². The molecule has 0 amide bonds. The average molecular weight is 334 g/mol. The van der Waals surface area contributed by atoms with Crippen LogP contribution in [0.15, 0.2) is 28.0 Å². The van der Waals surface area contributed by atoms with Crippen LogP contribution < -0.4 is 0 Å². The van der Waals surface area contributed by atoms with Crippen molar-refractivity contribution in [1.29, 1.82) is 5.26 Å². The van der Waals surface area contributed by atoms with Gasteiger partial charge in [-0.1, -0.05) is 0 Å². The average Bonchev–Trinajstić information content (AvgIpc) is 2.37. The molecule has 0 saturated heterocycles. The Kier molecular flexibility index (Phi) is 5.09. The molecule has 0 aliphatic heterocycles. The Labute approximate surface area is 123 Å². The SMILES string of the molecule is CC(C#N)CN(C)S(=O)(=O)c1cc(S(C)(=O)=O)ccc1F. The van der Waals surface area contributed by atoms with Crippen molar-refractivity contribution in [2.45, 2.75) is 16.7 Å². The Morgan fingerprint density at radius 3 is 2.38 bits per heavy atom. The van der Waals surface area contributed by atoms with Crippen LogP contribution in [-0.4, -0.2) is 41.0 Å². The highest BCUT2D eigenvalue weighted by Gasteiger charge is 2.27. The highest BCUT2D eigenvalue weighted by molar-refractivity contribution is 7.91. The summed E-state index contributed by atoms with van der Waals surface area (Å²) < 4.78 is 62.0. The van der Waals surface area contributed by atoms with Gasteiger partial charge in [-0.2, -0.15) is 9.57 Å². The van der Waals surface area contributed by atoms with E-state index in [1.165, 1.54) is 14.0 Å². The smallest absolute Gasteiger partial charge is 0.224 e. The fourth-order valence-corrected chi connectivity index (χ4v) is 3.67. The molecular formula is C12H15FN2O4S2. The van der Waals surface area contributed by atoms with E-state index in [0.29, 0.717) is 0 Å². The zero-order valence-corrected chi connectivity index (χ0v) is 13.4. The molecule has 0 fully saturated rings. The number of hydrogen-bond donors (Lipinski definition) is 0. The molecule has 1 aromatic carbocycles. The van der Waals surface area contributed by atoms with E-state index < -0.39 is 36.5 Å². The third-order valence-electron chi connectivity index (χ3n) is 2.77. The molecule has 1 atom stereocenters. The van der Waals surface area contributed by atoms with Crippen molar-refractivity contribution < 1.29 is 21.2 Å². The van der Waals surface area contributed by atoms with Crippen LogP contribution in [0.4, 0.5) is 4.39 Å². The number of rotatable bonds is 5. The normalized spacial score (nSPS) is 13.9. The van der Waals surface area contributed by atoms with Crippen molar-refractivity contribution in [2.24, 2.45) is 5.92 Å². The van der Waals surface area contributed by atoms with Gasteiger partial charge < -0.3 is 0 Å². The summed E-state index contributed by atoms with van der Waals surface area (Å²) in [5.41, 5.74) is 0. The predicted molar refractivity (Wildman–Crippen MR) is 74.1 cm³/mol. The molecule has 1 unspecified atom stereocenters. The maximum absolute atomic E-state index is 13.8. The van der Waals surface area contributed by atoms with Crippen LogP contribution in [0, 0.1) is 23.1 Å². The highest BCUT2D eigenvalue weighted by atomic mass is 32.2. The van der Waals surface area contributed by atoms with E-state index in [2.05, 4.69) is 0 Å². The van der Waals surface area contributed by atoms with Crippen LogP contribution in [0.5, 0.6) is 0 Å². The van der Waals surface area contributed by atoms with E-state index in [0.717, 1.165) is 28.8 Å². The van der Waals surface area contributed by atoms with Gasteiger partial charge in [-0.15, -0.1) is 0 Å². The van der Waals surface area contributed by atoms with Gasteiger partial charge in [0, 0.05) is 19.8 Å². The lowest BCUT2D eigenvalue weighted by atomic mass is 10.2. The van der Waals surface area contributed by atoms with Crippen molar-refractivity contribution in [2.75, 3.05) is 19.8 Å². The molecule has 0 aliphatic carbocycles. The molecule has 1 rings (SSSR count). The van der Waals surface area contributed by atoms with Gasteiger partial charge in [-0.3, -0.25) is 0 Å². The lowest BCUT2D eigenvalue weighted by Gasteiger charge is -2.18. The molecule has 6 nitrogen and oxygen atoms in total. The van der Waals surface area contributed by atoms with Crippen LogP contribution in [0.25, 0.3) is 0 Å². The van der Waals surface area contributed by atoms with Gasteiger partial charge in [0.25, 0.3) is 0 Å². The fourth-order valence-electron chi connectivity index (χ4n) is 1.60. The van der Waals surface area contributed by atoms with Crippen LogP contribution in [0.1, 0.15) is 6.92 Å². The van der Waals surface area contributed by atoms with E-state index in [1.54, 1.807) is 0 Å². The summed E-state index contributed by atoms with van der Waals surface area (Å²) >= 11 is 0. The zero-order valence-electron chi connectivity index (χ0n) is 11.7. The minimum absolute atomic E-state index is 0.124. The van der Waals surface area contributed by atoms with Crippen LogP contribution in [-0.2, 0) is 19.9 Å². The lowest BCUT2D eigenvalue weighted by molar-refractivity contribution is 0.434. The Morgan fingerprint density at radius 2 is 1.90 bits per heavy atom. The molecule has 0 bridgehead atoms. The van der Waals surface area contributed by atoms with E-state index in [-0.39, 0.29) is 11.4 Å². The first-order valence-corrected chi connectivity index (χ1v) is 9.19. The topological polar surface area (TPSA) is 95.3 Å². The van der Waals surface area contributed by atoms with Crippen molar-refractivity contribution in [1.82, 2.24) is 4.31 Å². The van der Waals surface area contributed by atoms with Gasteiger partial charge in [-0.25, -0.2) is 21.2 Å². The molecule has 0 aromatic heterocycles. The monoisotopic (exact) mass is 334 g/mol. The van der Waals surface area contributed by atoms with Crippen LogP contribution in [0.2, 0.25) is 0 Å². The predicted octanol–water partition coefficient (Wildman–Crippen LogP) is 1.01. The van der Waals surface area contributed by atoms with Crippen molar-refractivity contribution in [3.63, 3.8) is 0 Å². The van der Waals surface area contributed by atoms with Gasteiger partial charge in [0.15, 0.2) is 9.84 Å². The second-order valence-electron chi connectivity index (χ2n) is 4.68. The highest BCUT2D eigenvalue weighted by Crippen LogP contribution is 2.22. The minimum Gasteiger partial charge on any atom is -0.224 e. The summed E-state index contributed by atoms with van der Waals surface area (Å²) in [6, 6.07) is 4.46. The Balaban J connectivity index is 3.35. The van der Waals surface area contributed by atoms with Gasteiger partial charge in [0.2, 0.25) is 10.0 Å². The first kappa shape index (κ1) is 17.6. The summed E-state index contributed by atoms with van der Waals surface area (Å²) in [7, 11) is -6.67. The van der Waals surface area contributed by atoms with Crippen molar-refractivity contribution in [3.05, 3.63) is 24.0 Å². The second-order valence-corrected chi connectivity index (χ2v) is 8.71. The van der Waals surface area contributed by atoms with Crippen molar-refractivity contribution >= 4 is 19.9 Å². The zero-order chi connectivity index (χ0) is 16.4. The number of benzene rings is 1. The van der Waals surface area contributed by atoms with Gasteiger partial charge in [0.05, 0.1) is 16.9 Å². The van der Waals surface area contributed by atoms with E-state index in [9.17, 15) is 21.2 Å². The molecule has 0 aliphatic rings. The van der Waals surface area contributed by atoms with E-state index >= 15 is 0 Å². The maximum atomic E-state index is 13.8. The van der Waals surface area contributed by atoms with Crippen LogP contribution in [0.3, 0.4) is 0 Å². The molecule has 1 aromatic rings.